The molecule has 2 heterocycles. The van der Waals surface area contributed by atoms with Crippen molar-refractivity contribution in [1.29, 1.82) is 0 Å². The highest BCUT2D eigenvalue weighted by Crippen LogP contribution is 2.37. The van der Waals surface area contributed by atoms with Crippen LogP contribution >= 0.6 is 0 Å². The Morgan fingerprint density at radius 1 is 1.15 bits per heavy atom. The summed E-state index contributed by atoms with van der Waals surface area (Å²) in [6, 6.07) is 13.5. The van der Waals surface area contributed by atoms with Gasteiger partial charge in [0.2, 0.25) is 10.0 Å². The number of ether oxygens (including phenoxy) is 1. The number of carbonyl (C=O) groups excluding carboxylic acids is 1. The van der Waals surface area contributed by atoms with Gasteiger partial charge in [-0.05, 0) is 56.5 Å². The van der Waals surface area contributed by atoms with Gasteiger partial charge in [0.15, 0.2) is 6.61 Å². The third kappa shape index (κ3) is 6.01. The summed E-state index contributed by atoms with van der Waals surface area (Å²) in [5.74, 6) is 0.516. The molecule has 0 aliphatic carbocycles. The fourth-order valence-electron chi connectivity index (χ4n) is 4.73. The van der Waals surface area contributed by atoms with Crippen LogP contribution < -0.4 is 14.8 Å². The predicted molar refractivity (Wildman–Crippen MR) is 135 cm³/mol. The molecule has 1 fully saturated rings. The Bertz CT molecular complexity index is 1100. The zero-order valence-electron chi connectivity index (χ0n) is 19.9. The van der Waals surface area contributed by atoms with E-state index >= 15 is 0 Å². The second kappa shape index (κ2) is 10.7. The zero-order valence-corrected chi connectivity index (χ0v) is 20.7. The first kappa shape index (κ1) is 24.3. The number of anilines is 2. The molecule has 0 saturated carbocycles. The van der Waals surface area contributed by atoms with Crippen LogP contribution in [-0.2, 0) is 21.2 Å². The lowest BCUT2D eigenvalue weighted by Gasteiger charge is -2.32. The van der Waals surface area contributed by atoms with Crippen molar-refractivity contribution >= 4 is 27.3 Å². The van der Waals surface area contributed by atoms with E-state index < -0.39 is 10.0 Å². The summed E-state index contributed by atoms with van der Waals surface area (Å²) in [5, 5.41) is 3.28. The van der Waals surface area contributed by atoms with Crippen LogP contribution in [0.5, 0.6) is 5.75 Å². The smallest absolute Gasteiger partial charge is 0.260 e. The second-order valence-corrected chi connectivity index (χ2v) is 10.8. The van der Waals surface area contributed by atoms with Crippen molar-refractivity contribution in [3.05, 3.63) is 53.6 Å². The minimum absolute atomic E-state index is 0.0488. The van der Waals surface area contributed by atoms with E-state index in [1.807, 2.05) is 25.2 Å². The summed E-state index contributed by atoms with van der Waals surface area (Å²) >= 11 is 0. The third-order valence-electron chi connectivity index (χ3n) is 6.50. The molecular formula is C25H34N4O4S. The summed E-state index contributed by atoms with van der Waals surface area (Å²) in [6.45, 7) is 3.61. The van der Waals surface area contributed by atoms with E-state index in [0.29, 0.717) is 11.4 Å². The molecule has 1 amide bonds. The van der Waals surface area contributed by atoms with Crippen LogP contribution in [0.15, 0.2) is 42.5 Å². The molecule has 0 bridgehead atoms. The SMILES string of the molecule is CN(C(=O)COc1ccc(NS(C)(=O)=O)c2c1CCCN2)[C@H](CN1CCCC1)c1ccccc1. The van der Waals surface area contributed by atoms with E-state index in [9.17, 15) is 13.2 Å². The lowest BCUT2D eigenvalue weighted by molar-refractivity contribution is -0.134. The third-order valence-corrected chi connectivity index (χ3v) is 7.09. The Morgan fingerprint density at radius 2 is 1.88 bits per heavy atom. The molecule has 0 spiro atoms. The molecule has 0 aromatic heterocycles. The van der Waals surface area contributed by atoms with E-state index in [0.717, 1.165) is 62.1 Å². The number of hydrogen-bond donors (Lipinski definition) is 2. The number of hydrogen-bond acceptors (Lipinski definition) is 6. The van der Waals surface area contributed by atoms with Crippen molar-refractivity contribution in [3.8, 4) is 5.75 Å². The number of fused-ring (bicyclic) bond motifs is 1. The molecule has 4 rings (SSSR count). The first-order valence-corrected chi connectivity index (χ1v) is 13.7. The first-order chi connectivity index (χ1) is 16.3. The lowest BCUT2D eigenvalue weighted by Crippen LogP contribution is -2.40. The minimum Gasteiger partial charge on any atom is -0.483 e. The summed E-state index contributed by atoms with van der Waals surface area (Å²) in [4.78, 5) is 17.4. The fraction of sp³-hybridized carbons (Fsp3) is 0.480. The first-order valence-electron chi connectivity index (χ1n) is 11.8. The second-order valence-electron chi connectivity index (χ2n) is 9.10. The molecule has 1 saturated heterocycles. The zero-order chi connectivity index (χ0) is 24.1. The number of likely N-dealkylation sites (N-methyl/N-ethyl adjacent to an activating group) is 1. The molecular weight excluding hydrogens is 452 g/mol. The molecule has 1 atom stereocenters. The minimum atomic E-state index is -3.40. The fourth-order valence-corrected chi connectivity index (χ4v) is 5.30. The average Bonchev–Trinajstić information content (AvgIpc) is 3.34. The number of sulfonamides is 1. The highest BCUT2D eigenvalue weighted by atomic mass is 32.2. The molecule has 2 aromatic rings. The molecule has 0 radical (unpaired) electrons. The Hall–Kier alpha value is -2.78. The molecule has 2 aliphatic rings. The molecule has 2 aliphatic heterocycles. The van der Waals surface area contributed by atoms with Gasteiger partial charge in [-0.2, -0.15) is 0 Å². The maximum absolute atomic E-state index is 13.2. The van der Waals surface area contributed by atoms with Crippen molar-refractivity contribution in [2.75, 3.05) is 56.1 Å². The van der Waals surface area contributed by atoms with Crippen molar-refractivity contribution in [3.63, 3.8) is 0 Å². The van der Waals surface area contributed by atoms with E-state index in [1.54, 1.807) is 17.0 Å². The van der Waals surface area contributed by atoms with Gasteiger partial charge in [0, 0.05) is 25.7 Å². The van der Waals surface area contributed by atoms with E-state index in [2.05, 4.69) is 27.1 Å². The Balaban J connectivity index is 1.48. The normalized spacial score (nSPS) is 16.9. The standard InChI is InChI=1S/C25H34N4O4S/c1-28(22(17-29-15-6-7-16-29)19-9-4-3-5-10-19)24(30)18-33-23-13-12-21(27-34(2,31)32)25-20(23)11-8-14-26-25/h3-5,9-10,12-13,22,26-27H,6-8,11,14-18H2,1-2H3/t22-/m1/s1. The van der Waals surface area contributed by atoms with Crippen LogP contribution in [0.1, 0.15) is 36.4 Å². The largest absolute Gasteiger partial charge is 0.483 e. The summed E-state index contributed by atoms with van der Waals surface area (Å²) in [6.07, 6.45) is 5.19. The summed E-state index contributed by atoms with van der Waals surface area (Å²) in [5.41, 5.74) is 3.24. The van der Waals surface area contributed by atoms with Crippen LogP contribution in [0.25, 0.3) is 0 Å². The van der Waals surface area contributed by atoms with Gasteiger partial charge in [-0.3, -0.25) is 9.52 Å². The molecule has 2 N–H and O–H groups in total. The quantitative estimate of drug-likeness (QED) is 0.566. The van der Waals surface area contributed by atoms with Crippen LogP contribution in [-0.4, -0.2) is 70.2 Å². The molecule has 2 aromatic carbocycles. The molecule has 0 unspecified atom stereocenters. The van der Waals surface area contributed by atoms with Gasteiger partial charge in [0.25, 0.3) is 5.91 Å². The van der Waals surface area contributed by atoms with Crippen LogP contribution in [0, 0.1) is 0 Å². The molecule has 9 heteroatoms. The van der Waals surface area contributed by atoms with Gasteiger partial charge in [-0.15, -0.1) is 0 Å². The topological polar surface area (TPSA) is 91.0 Å². The van der Waals surface area contributed by atoms with E-state index in [-0.39, 0.29) is 18.6 Å². The van der Waals surface area contributed by atoms with E-state index in [1.165, 1.54) is 12.8 Å². The average molecular weight is 487 g/mol. The lowest BCUT2D eigenvalue weighted by atomic mass is 10.0. The Morgan fingerprint density at radius 3 is 2.59 bits per heavy atom. The van der Waals surface area contributed by atoms with Gasteiger partial charge in [-0.1, -0.05) is 30.3 Å². The predicted octanol–water partition coefficient (Wildman–Crippen LogP) is 3.09. The number of amides is 1. The summed E-state index contributed by atoms with van der Waals surface area (Å²) < 4.78 is 32.1. The summed E-state index contributed by atoms with van der Waals surface area (Å²) in [7, 11) is -1.56. The highest BCUT2D eigenvalue weighted by Gasteiger charge is 2.26. The number of rotatable bonds is 9. The van der Waals surface area contributed by atoms with Crippen LogP contribution in [0.3, 0.4) is 0 Å². The number of nitrogens with one attached hydrogen (secondary N) is 2. The monoisotopic (exact) mass is 486 g/mol. The van der Waals surface area contributed by atoms with Crippen LogP contribution in [0.2, 0.25) is 0 Å². The van der Waals surface area contributed by atoms with Gasteiger partial charge in [-0.25, -0.2) is 8.42 Å². The van der Waals surface area contributed by atoms with Gasteiger partial charge in [0.1, 0.15) is 5.75 Å². The number of likely N-dealkylation sites (tertiary alicyclic amines) is 1. The number of nitrogens with zero attached hydrogens (tertiary/aromatic N) is 2. The van der Waals surface area contributed by atoms with Crippen LogP contribution in [0.4, 0.5) is 11.4 Å². The van der Waals surface area contributed by atoms with Crippen molar-refractivity contribution < 1.29 is 17.9 Å². The van der Waals surface area contributed by atoms with Gasteiger partial charge >= 0.3 is 0 Å². The highest BCUT2D eigenvalue weighted by molar-refractivity contribution is 7.92. The van der Waals surface area contributed by atoms with Gasteiger partial charge in [0.05, 0.1) is 23.7 Å². The van der Waals surface area contributed by atoms with Gasteiger partial charge < -0.3 is 19.9 Å². The Labute approximate surface area is 202 Å². The van der Waals surface area contributed by atoms with Crippen molar-refractivity contribution in [2.45, 2.75) is 31.7 Å². The molecule has 8 nitrogen and oxygen atoms in total. The number of carbonyl (C=O) groups is 1. The van der Waals surface area contributed by atoms with Crippen molar-refractivity contribution in [2.24, 2.45) is 0 Å². The maximum Gasteiger partial charge on any atom is 0.260 e. The van der Waals surface area contributed by atoms with E-state index in [4.69, 9.17) is 4.74 Å². The maximum atomic E-state index is 13.2. The molecule has 184 valence electrons. The molecule has 34 heavy (non-hydrogen) atoms. The number of benzene rings is 2. The Kier molecular flexibility index (Phi) is 7.63. The van der Waals surface area contributed by atoms with Crippen molar-refractivity contribution in [1.82, 2.24) is 9.80 Å².